The number of phosphoric ester groups is 1. The summed E-state index contributed by atoms with van der Waals surface area (Å²) in [6.07, 6.45) is 46.7. The Balaban J connectivity index is 4.24. The molecule has 3 atom stereocenters. The van der Waals surface area contributed by atoms with Crippen molar-refractivity contribution in [1.29, 1.82) is 0 Å². The van der Waals surface area contributed by atoms with Gasteiger partial charge >= 0.3 is 25.7 Å². The smallest absolute Gasteiger partial charge is 0.472 e. The third-order valence-corrected chi connectivity index (χ3v) is 11.7. The zero-order valence-corrected chi connectivity index (χ0v) is 39.2. The fraction of sp³-hybridized carbons (Fsp3) is 0.854. The fourth-order valence-corrected chi connectivity index (χ4v) is 7.66. The Morgan fingerprint density at radius 2 is 0.867 bits per heavy atom. The molecule has 4 N–H and O–H groups in total. The maximum Gasteiger partial charge on any atom is 0.472 e. The maximum absolute atomic E-state index is 12.6. The first kappa shape index (κ1) is 58.0. The van der Waals surface area contributed by atoms with Crippen molar-refractivity contribution in [1.82, 2.24) is 0 Å². The predicted octanol–water partition coefficient (Wildman–Crippen LogP) is 13.4. The second-order valence-electron chi connectivity index (χ2n) is 16.6. The molecule has 0 rings (SSSR count). The third kappa shape index (κ3) is 42.6. The number of unbranched alkanes of at least 4 members (excludes halogenated alkanes) is 29. The number of aliphatic carboxylic acids is 1. The number of esters is 2. The number of allylic oxidation sites excluding steroid dienone is 4. The molecule has 12 heteroatoms. The van der Waals surface area contributed by atoms with Crippen LogP contribution in [0.1, 0.15) is 232 Å². The molecule has 0 aromatic carbocycles. The minimum atomic E-state index is -4.72. The number of ether oxygens (including phenoxy) is 2. The highest BCUT2D eigenvalue weighted by atomic mass is 31.2. The summed E-state index contributed by atoms with van der Waals surface area (Å²) in [6.45, 7) is 2.80. The van der Waals surface area contributed by atoms with Crippen LogP contribution in [0, 0.1) is 0 Å². The molecule has 352 valence electrons. The summed E-state index contributed by atoms with van der Waals surface area (Å²) < 4.78 is 32.8. The monoisotopic (exact) mass is 872 g/mol. The van der Waals surface area contributed by atoms with E-state index in [1.165, 1.54) is 135 Å². The van der Waals surface area contributed by atoms with Gasteiger partial charge in [-0.2, -0.15) is 0 Å². The molecule has 0 heterocycles. The lowest BCUT2D eigenvalue weighted by molar-refractivity contribution is -0.161. The van der Waals surface area contributed by atoms with Crippen LogP contribution in [0.2, 0.25) is 0 Å². The fourth-order valence-electron chi connectivity index (χ4n) is 6.88. The van der Waals surface area contributed by atoms with E-state index in [0.29, 0.717) is 12.8 Å². The molecule has 0 amide bonds. The first-order valence-corrected chi connectivity index (χ1v) is 25.9. The molecule has 0 aromatic heterocycles. The van der Waals surface area contributed by atoms with Crippen LogP contribution in [0.5, 0.6) is 0 Å². The van der Waals surface area contributed by atoms with Gasteiger partial charge in [-0.3, -0.25) is 23.4 Å². The Morgan fingerprint density at radius 3 is 1.28 bits per heavy atom. The Kier molecular flexibility index (Phi) is 42.1. The molecule has 0 saturated heterocycles. The van der Waals surface area contributed by atoms with Crippen molar-refractivity contribution >= 4 is 25.7 Å². The zero-order valence-electron chi connectivity index (χ0n) is 38.3. The summed E-state index contributed by atoms with van der Waals surface area (Å²) >= 11 is 0. The van der Waals surface area contributed by atoms with Crippen LogP contribution in [0.25, 0.3) is 0 Å². The van der Waals surface area contributed by atoms with E-state index in [9.17, 15) is 23.8 Å². The zero-order chi connectivity index (χ0) is 44.2. The lowest BCUT2D eigenvalue weighted by Gasteiger charge is -2.20. The summed E-state index contributed by atoms with van der Waals surface area (Å²) in [7, 11) is -4.72. The number of nitrogens with two attached hydrogens (primary N) is 1. The summed E-state index contributed by atoms with van der Waals surface area (Å²) in [5.41, 5.74) is 5.34. The van der Waals surface area contributed by atoms with Crippen LogP contribution >= 0.6 is 7.82 Å². The second kappa shape index (κ2) is 43.6. The lowest BCUT2D eigenvalue weighted by Crippen LogP contribution is -2.34. The maximum atomic E-state index is 12.6. The molecule has 0 aliphatic rings. The number of phosphoric acid groups is 1. The van der Waals surface area contributed by atoms with Crippen molar-refractivity contribution in [2.45, 2.75) is 244 Å². The number of rotatable bonds is 46. The van der Waals surface area contributed by atoms with Crippen molar-refractivity contribution < 1.29 is 47.5 Å². The molecule has 0 aromatic rings. The van der Waals surface area contributed by atoms with Crippen molar-refractivity contribution in [3.05, 3.63) is 24.3 Å². The van der Waals surface area contributed by atoms with Gasteiger partial charge in [0.15, 0.2) is 6.10 Å². The van der Waals surface area contributed by atoms with E-state index < -0.39 is 51.1 Å². The summed E-state index contributed by atoms with van der Waals surface area (Å²) in [6, 6.07) is -1.52. The number of carboxylic acids is 1. The van der Waals surface area contributed by atoms with E-state index in [1.54, 1.807) is 0 Å². The topological polar surface area (TPSA) is 172 Å². The van der Waals surface area contributed by atoms with Crippen molar-refractivity contribution in [2.75, 3.05) is 19.8 Å². The highest BCUT2D eigenvalue weighted by Crippen LogP contribution is 2.43. The van der Waals surface area contributed by atoms with Gasteiger partial charge in [0.2, 0.25) is 0 Å². The largest absolute Gasteiger partial charge is 0.480 e. The van der Waals surface area contributed by atoms with Crippen molar-refractivity contribution in [3.63, 3.8) is 0 Å². The summed E-state index contributed by atoms with van der Waals surface area (Å²) in [5, 5.41) is 8.90. The van der Waals surface area contributed by atoms with E-state index in [0.717, 1.165) is 57.8 Å². The number of hydrogen-bond acceptors (Lipinski definition) is 9. The molecule has 0 spiro atoms. The van der Waals surface area contributed by atoms with Gasteiger partial charge in [-0.25, -0.2) is 4.57 Å². The highest BCUT2D eigenvalue weighted by Gasteiger charge is 2.28. The van der Waals surface area contributed by atoms with Crippen molar-refractivity contribution in [2.24, 2.45) is 5.73 Å². The number of carbonyl (C=O) groups is 3. The third-order valence-electron chi connectivity index (χ3n) is 10.7. The lowest BCUT2D eigenvalue weighted by atomic mass is 10.0. The Bertz CT molecular complexity index is 1120. The molecule has 11 nitrogen and oxygen atoms in total. The van der Waals surface area contributed by atoms with E-state index in [1.807, 2.05) is 0 Å². The van der Waals surface area contributed by atoms with Crippen molar-refractivity contribution in [3.8, 4) is 0 Å². The van der Waals surface area contributed by atoms with E-state index in [2.05, 4.69) is 42.7 Å². The first-order valence-electron chi connectivity index (χ1n) is 24.4. The van der Waals surface area contributed by atoms with Crippen LogP contribution in [0.15, 0.2) is 24.3 Å². The number of carboxylic acid groups (broad SMARTS) is 1. The minimum Gasteiger partial charge on any atom is -0.480 e. The van der Waals surface area contributed by atoms with E-state index in [4.69, 9.17) is 24.8 Å². The van der Waals surface area contributed by atoms with Gasteiger partial charge in [-0.05, 0) is 38.5 Å². The van der Waals surface area contributed by atoms with Gasteiger partial charge in [0.05, 0.1) is 13.2 Å². The molecule has 0 fully saturated rings. The normalized spacial score (nSPS) is 13.8. The molecule has 1 unspecified atom stereocenters. The van der Waals surface area contributed by atoms with Gasteiger partial charge in [0, 0.05) is 12.8 Å². The van der Waals surface area contributed by atoms with Crippen LogP contribution in [0.4, 0.5) is 0 Å². The quantitative estimate of drug-likeness (QED) is 0.0230. The summed E-state index contributed by atoms with van der Waals surface area (Å²) in [4.78, 5) is 46.1. The average molecular weight is 872 g/mol. The number of hydrogen-bond donors (Lipinski definition) is 3. The molecule has 60 heavy (non-hydrogen) atoms. The highest BCUT2D eigenvalue weighted by molar-refractivity contribution is 7.47. The average Bonchev–Trinajstić information content (AvgIpc) is 3.22. The van der Waals surface area contributed by atoms with Crippen LogP contribution < -0.4 is 5.73 Å². The number of carbonyl (C=O) groups excluding carboxylic acids is 2. The van der Waals surface area contributed by atoms with Gasteiger partial charge in [0.25, 0.3) is 0 Å². The first-order chi connectivity index (χ1) is 29.1. The minimum absolute atomic E-state index is 0.146. The van der Waals surface area contributed by atoms with Gasteiger partial charge in [-0.15, -0.1) is 0 Å². The Hall–Kier alpha value is -2.04. The Morgan fingerprint density at radius 1 is 0.517 bits per heavy atom. The molecule has 0 saturated carbocycles. The van der Waals surface area contributed by atoms with Gasteiger partial charge < -0.3 is 25.2 Å². The van der Waals surface area contributed by atoms with Gasteiger partial charge in [0.1, 0.15) is 12.6 Å². The van der Waals surface area contributed by atoms with Crippen LogP contribution in [-0.4, -0.2) is 59.9 Å². The summed E-state index contributed by atoms with van der Waals surface area (Å²) in [5.74, 6) is -2.38. The molecular weight excluding hydrogens is 781 g/mol. The van der Waals surface area contributed by atoms with Crippen LogP contribution in [0.3, 0.4) is 0 Å². The second-order valence-corrected chi connectivity index (χ2v) is 18.1. The molecule has 0 aliphatic carbocycles. The van der Waals surface area contributed by atoms with Gasteiger partial charge in [-0.1, -0.05) is 205 Å². The SMILES string of the molecule is CCCCCC/C=C/C=C/CCCCCCCC(=O)O[C@@H](COC(=O)CCCCCCCCCCCCCCCCCCCCCCC)COP(=O)(O)OC[C@H](N)C(=O)O. The Labute approximate surface area is 366 Å². The standard InChI is InChI=1S/C48H90NO10P/c1-3-5-7-9-11-13-15-17-19-20-21-22-23-24-26-27-29-31-33-35-37-39-46(50)56-41-44(42-57-60(54,55)58-43-45(49)48(52)53)59-47(51)40-38-36-34-32-30-28-25-18-16-14-12-10-8-6-4-2/h14,16,18,25,44-45H,3-13,15,17,19-24,26-43,49H2,1-2H3,(H,52,53)(H,54,55)/b16-14+,25-18+/t44-,45-/m0/s1. The predicted molar refractivity (Wildman–Crippen MR) is 245 cm³/mol. The van der Waals surface area contributed by atoms with E-state index >= 15 is 0 Å². The van der Waals surface area contributed by atoms with Crippen LogP contribution in [-0.2, 0) is 37.5 Å². The van der Waals surface area contributed by atoms with E-state index in [-0.39, 0.29) is 19.4 Å². The molecule has 0 radical (unpaired) electrons. The molecule has 0 aliphatic heterocycles. The molecular formula is C48H90NO10P. The molecule has 0 bridgehead atoms.